The van der Waals surface area contributed by atoms with Gasteiger partial charge >= 0.3 is 0 Å². The Kier molecular flexibility index (Phi) is 1.38. The van der Waals surface area contributed by atoms with Gasteiger partial charge in [-0.25, -0.2) is 8.78 Å². The summed E-state index contributed by atoms with van der Waals surface area (Å²) in [6.07, 6.45) is -2.06. The van der Waals surface area contributed by atoms with Crippen molar-refractivity contribution >= 4 is 0 Å². The zero-order valence-corrected chi connectivity index (χ0v) is 5.48. The van der Waals surface area contributed by atoms with Crippen molar-refractivity contribution in [3.8, 4) is 0 Å². The molecule has 3 fully saturated rings. The maximum absolute atomic E-state index is 12.8. The number of nitrogens with one attached hydrogen (secondary N) is 2. The topological polar surface area (TPSA) is 24.1 Å². The second-order valence-electron chi connectivity index (χ2n) is 2.96. The third-order valence-corrected chi connectivity index (χ3v) is 2.21. The van der Waals surface area contributed by atoms with Crippen molar-refractivity contribution in [2.45, 2.75) is 31.0 Å². The highest BCUT2D eigenvalue weighted by atomic mass is 19.2. The molecule has 10 heavy (non-hydrogen) atoms. The van der Waals surface area contributed by atoms with Crippen LogP contribution in [0.3, 0.4) is 0 Å². The fraction of sp³-hybridized carbons (Fsp3) is 1.00. The summed E-state index contributed by atoms with van der Waals surface area (Å²) in [5.74, 6) is 0. The molecule has 2 nitrogen and oxygen atoms in total. The normalized spacial score (nSPS) is 53.4. The minimum atomic E-state index is -1.47. The van der Waals surface area contributed by atoms with Gasteiger partial charge in [-0.3, -0.25) is 5.32 Å². The van der Waals surface area contributed by atoms with E-state index in [1.54, 1.807) is 0 Å². The van der Waals surface area contributed by atoms with Crippen molar-refractivity contribution in [3.05, 3.63) is 0 Å². The molecule has 0 saturated carbocycles. The Labute approximate surface area is 58.0 Å². The van der Waals surface area contributed by atoms with E-state index in [2.05, 4.69) is 10.6 Å². The molecule has 3 saturated heterocycles. The Bertz CT molecular complexity index is 131. The molecule has 2 N–H and O–H groups in total. The van der Waals surface area contributed by atoms with Crippen LogP contribution in [0.25, 0.3) is 0 Å². The fourth-order valence-electron chi connectivity index (χ4n) is 1.52. The van der Waals surface area contributed by atoms with Gasteiger partial charge in [0.2, 0.25) is 0 Å². The summed E-state index contributed by atoms with van der Waals surface area (Å²) in [7, 11) is 0. The first-order chi connectivity index (χ1) is 4.77. The lowest BCUT2D eigenvalue weighted by Crippen LogP contribution is -2.57. The van der Waals surface area contributed by atoms with E-state index in [0.717, 1.165) is 6.42 Å². The Balaban J connectivity index is 2.04. The minimum Gasteiger partial charge on any atom is -0.307 e. The highest BCUT2D eigenvalue weighted by Gasteiger charge is 2.42. The number of alkyl halides is 2. The third kappa shape index (κ3) is 0.828. The summed E-state index contributed by atoms with van der Waals surface area (Å²) in [4.78, 5) is 0. The van der Waals surface area contributed by atoms with Gasteiger partial charge < -0.3 is 5.32 Å². The second-order valence-corrected chi connectivity index (χ2v) is 2.96. The molecule has 3 rings (SSSR count). The minimum absolute atomic E-state index is 0.241. The van der Waals surface area contributed by atoms with Crippen molar-refractivity contribution in [2.24, 2.45) is 0 Å². The molecule has 0 aromatic heterocycles. The Hall–Kier alpha value is -0.220. The zero-order chi connectivity index (χ0) is 7.14. The first-order valence-corrected chi connectivity index (χ1v) is 3.55. The highest BCUT2D eigenvalue weighted by molar-refractivity contribution is 4.99. The maximum Gasteiger partial charge on any atom is 0.184 e. The summed E-state index contributed by atoms with van der Waals surface area (Å²) in [6.45, 7) is 0.554. The molecule has 3 aliphatic rings. The summed E-state index contributed by atoms with van der Waals surface area (Å²) in [5, 5.41) is 5.43. The summed E-state index contributed by atoms with van der Waals surface area (Å²) in [6, 6.07) is 0.0546. The molecule has 4 unspecified atom stereocenters. The predicted molar refractivity (Wildman–Crippen MR) is 33.1 cm³/mol. The van der Waals surface area contributed by atoms with Crippen molar-refractivity contribution in [1.29, 1.82) is 0 Å². The number of rotatable bonds is 0. The van der Waals surface area contributed by atoms with Gasteiger partial charge in [-0.2, -0.15) is 0 Å². The number of fused-ring (bicyclic) bond motifs is 3. The van der Waals surface area contributed by atoms with Crippen molar-refractivity contribution in [3.63, 3.8) is 0 Å². The summed E-state index contributed by atoms with van der Waals surface area (Å²) >= 11 is 0. The monoisotopic (exact) mass is 148 g/mol. The Morgan fingerprint density at radius 2 is 2.00 bits per heavy atom. The number of halogens is 2. The zero-order valence-electron chi connectivity index (χ0n) is 5.48. The van der Waals surface area contributed by atoms with Crippen LogP contribution in [0, 0.1) is 0 Å². The smallest absolute Gasteiger partial charge is 0.184 e. The van der Waals surface area contributed by atoms with Gasteiger partial charge in [-0.05, 0) is 6.42 Å². The lowest BCUT2D eigenvalue weighted by molar-refractivity contribution is 0.0979. The quantitative estimate of drug-likeness (QED) is 0.471. The van der Waals surface area contributed by atoms with Crippen LogP contribution in [0.2, 0.25) is 0 Å². The van der Waals surface area contributed by atoms with Crippen LogP contribution in [0.15, 0.2) is 0 Å². The van der Waals surface area contributed by atoms with Gasteiger partial charge in [0.1, 0.15) is 0 Å². The standard InChI is InChI=1S/C6H10F2N2/c7-5-4-1-3(10-4)2-9-6(5)8/h3-6,9-10H,1-2H2. The van der Waals surface area contributed by atoms with E-state index in [1.165, 1.54) is 0 Å². The van der Waals surface area contributed by atoms with Crippen LogP contribution >= 0.6 is 0 Å². The SMILES string of the molecule is FC1NCC2CC(N2)C1F. The molecule has 3 aliphatic heterocycles. The molecular weight excluding hydrogens is 138 g/mol. The molecule has 4 heteroatoms. The summed E-state index contributed by atoms with van der Waals surface area (Å²) in [5.41, 5.74) is 0. The van der Waals surface area contributed by atoms with Gasteiger partial charge in [0.05, 0.1) is 0 Å². The maximum atomic E-state index is 12.8. The fourth-order valence-corrected chi connectivity index (χ4v) is 1.52. The molecule has 0 aromatic rings. The van der Waals surface area contributed by atoms with E-state index in [1.807, 2.05) is 0 Å². The summed E-state index contributed by atoms with van der Waals surface area (Å²) < 4.78 is 25.4. The van der Waals surface area contributed by atoms with Crippen LogP contribution in [-0.2, 0) is 0 Å². The predicted octanol–water partition coefficient (Wildman–Crippen LogP) is -0.0462. The van der Waals surface area contributed by atoms with E-state index in [-0.39, 0.29) is 6.04 Å². The van der Waals surface area contributed by atoms with E-state index in [0.29, 0.717) is 12.6 Å². The molecule has 3 heterocycles. The van der Waals surface area contributed by atoms with E-state index in [9.17, 15) is 8.78 Å². The van der Waals surface area contributed by atoms with Crippen LogP contribution in [0.1, 0.15) is 6.42 Å². The molecule has 4 atom stereocenters. The van der Waals surface area contributed by atoms with Crippen LogP contribution in [0.5, 0.6) is 0 Å². The molecule has 0 radical (unpaired) electrons. The van der Waals surface area contributed by atoms with E-state index < -0.39 is 12.5 Å². The van der Waals surface area contributed by atoms with Gasteiger partial charge in [-0.15, -0.1) is 0 Å². The van der Waals surface area contributed by atoms with Crippen LogP contribution in [-0.4, -0.2) is 31.1 Å². The lowest BCUT2D eigenvalue weighted by atomic mass is 9.95. The highest BCUT2D eigenvalue weighted by Crippen LogP contribution is 2.23. The molecule has 0 spiro atoms. The lowest BCUT2D eigenvalue weighted by Gasteiger charge is -2.35. The molecule has 2 bridgehead atoms. The van der Waals surface area contributed by atoms with E-state index >= 15 is 0 Å². The van der Waals surface area contributed by atoms with Gasteiger partial charge in [0.15, 0.2) is 12.5 Å². The first-order valence-electron chi connectivity index (χ1n) is 3.55. The Morgan fingerprint density at radius 1 is 1.30 bits per heavy atom. The van der Waals surface area contributed by atoms with Crippen LogP contribution < -0.4 is 10.6 Å². The first kappa shape index (κ1) is 6.49. The van der Waals surface area contributed by atoms with Crippen molar-refractivity contribution < 1.29 is 8.78 Å². The molecule has 58 valence electrons. The third-order valence-electron chi connectivity index (χ3n) is 2.21. The average molecular weight is 148 g/mol. The van der Waals surface area contributed by atoms with Crippen molar-refractivity contribution in [2.75, 3.05) is 6.54 Å². The van der Waals surface area contributed by atoms with Crippen molar-refractivity contribution in [1.82, 2.24) is 10.6 Å². The largest absolute Gasteiger partial charge is 0.307 e. The Morgan fingerprint density at radius 3 is 2.70 bits per heavy atom. The molecule has 0 aliphatic carbocycles. The number of hydrogen-bond acceptors (Lipinski definition) is 2. The molecule has 0 amide bonds. The van der Waals surface area contributed by atoms with Gasteiger partial charge in [-0.1, -0.05) is 0 Å². The van der Waals surface area contributed by atoms with Crippen LogP contribution in [0.4, 0.5) is 8.78 Å². The van der Waals surface area contributed by atoms with Gasteiger partial charge in [0.25, 0.3) is 0 Å². The van der Waals surface area contributed by atoms with E-state index in [4.69, 9.17) is 0 Å². The average Bonchev–Trinajstić information content (AvgIpc) is 1.98. The molecular formula is C6H10F2N2. The number of hydrogen-bond donors (Lipinski definition) is 2. The van der Waals surface area contributed by atoms with Gasteiger partial charge in [0, 0.05) is 18.6 Å². The second kappa shape index (κ2) is 2.13. The molecule has 0 aromatic carbocycles.